The van der Waals surface area contributed by atoms with Crippen LogP contribution in [0.15, 0.2) is 53.9 Å². The quantitative estimate of drug-likeness (QED) is 0.557. The third-order valence-electron chi connectivity index (χ3n) is 4.29. The van der Waals surface area contributed by atoms with Gasteiger partial charge in [-0.2, -0.15) is 0 Å². The predicted molar refractivity (Wildman–Crippen MR) is 112 cm³/mol. The number of hydrogen-bond donors (Lipinski definition) is 2. The molecule has 0 fully saturated rings. The molecular weight excluding hydrogens is 406 g/mol. The van der Waals surface area contributed by atoms with E-state index in [9.17, 15) is 9.59 Å². The Morgan fingerprint density at radius 3 is 2.80 bits per heavy atom. The van der Waals surface area contributed by atoms with Crippen LogP contribution in [0.2, 0.25) is 0 Å². The molecular formula is C21H19N3O5S. The summed E-state index contributed by atoms with van der Waals surface area (Å²) >= 11 is 1.30. The summed E-state index contributed by atoms with van der Waals surface area (Å²) < 4.78 is 15.8. The van der Waals surface area contributed by atoms with Gasteiger partial charge in [-0.3, -0.25) is 4.79 Å². The van der Waals surface area contributed by atoms with Gasteiger partial charge in [0.25, 0.3) is 5.91 Å². The average molecular weight is 425 g/mol. The molecule has 1 aliphatic rings. The van der Waals surface area contributed by atoms with Crippen molar-refractivity contribution in [3.05, 3.63) is 65.2 Å². The van der Waals surface area contributed by atoms with Crippen LogP contribution in [0.25, 0.3) is 0 Å². The third kappa shape index (κ3) is 4.69. The van der Waals surface area contributed by atoms with Crippen LogP contribution in [-0.2, 0) is 16.1 Å². The number of aromatic nitrogens is 1. The van der Waals surface area contributed by atoms with E-state index in [1.54, 1.807) is 23.6 Å². The monoisotopic (exact) mass is 425 g/mol. The topological polar surface area (TPSA) is 98.8 Å². The minimum atomic E-state index is -0.995. The van der Waals surface area contributed by atoms with Crippen LogP contribution in [0.5, 0.6) is 11.5 Å². The van der Waals surface area contributed by atoms with Crippen LogP contribution < -0.4 is 20.1 Å². The van der Waals surface area contributed by atoms with Crippen LogP contribution in [0.3, 0.4) is 0 Å². The van der Waals surface area contributed by atoms with Crippen molar-refractivity contribution < 1.29 is 23.8 Å². The van der Waals surface area contributed by atoms with Gasteiger partial charge in [0, 0.05) is 23.7 Å². The SMILES string of the molecule is CC(OC(=O)c1csc(NCc2ccccc2)n1)C(=O)Nc1ccc2c(c1)OCO2. The Morgan fingerprint density at radius 2 is 1.97 bits per heavy atom. The largest absolute Gasteiger partial charge is 0.454 e. The fourth-order valence-corrected chi connectivity index (χ4v) is 3.39. The number of nitrogens with zero attached hydrogens (tertiary/aromatic N) is 1. The first-order valence-corrected chi connectivity index (χ1v) is 10.1. The second kappa shape index (κ2) is 8.83. The number of carbonyl (C=O) groups excluding carboxylic acids is 2. The van der Waals surface area contributed by atoms with E-state index < -0.39 is 18.0 Å². The smallest absolute Gasteiger partial charge is 0.358 e. The number of anilines is 2. The molecule has 2 N–H and O–H groups in total. The Morgan fingerprint density at radius 1 is 1.17 bits per heavy atom. The highest BCUT2D eigenvalue weighted by Gasteiger charge is 2.22. The first kappa shape index (κ1) is 19.7. The second-order valence-electron chi connectivity index (χ2n) is 6.48. The molecule has 1 unspecified atom stereocenters. The highest BCUT2D eigenvalue weighted by atomic mass is 32.1. The molecule has 0 aliphatic carbocycles. The zero-order chi connectivity index (χ0) is 20.9. The summed E-state index contributed by atoms with van der Waals surface area (Å²) in [7, 11) is 0. The molecule has 0 radical (unpaired) electrons. The van der Waals surface area contributed by atoms with Crippen molar-refractivity contribution in [2.75, 3.05) is 17.4 Å². The number of ether oxygens (including phenoxy) is 3. The van der Waals surface area contributed by atoms with Crippen molar-refractivity contribution in [2.45, 2.75) is 19.6 Å². The maximum atomic E-state index is 12.4. The van der Waals surface area contributed by atoms with Crippen molar-refractivity contribution in [3.63, 3.8) is 0 Å². The summed E-state index contributed by atoms with van der Waals surface area (Å²) in [5, 5.41) is 8.05. The average Bonchev–Trinajstić information content (AvgIpc) is 3.42. The maximum absolute atomic E-state index is 12.4. The normalized spacial score (nSPS) is 12.8. The Bertz CT molecular complexity index is 1050. The van der Waals surface area contributed by atoms with Gasteiger partial charge in [-0.15, -0.1) is 11.3 Å². The van der Waals surface area contributed by atoms with E-state index in [4.69, 9.17) is 14.2 Å². The number of benzene rings is 2. The Kier molecular flexibility index (Phi) is 5.80. The Labute approximate surface area is 176 Å². The van der Waals surface area contributed by atoms with E-state index in [-0.39, 0.29) is 12.5 Å². The molecule has 0 spiro atoms. The lowest BCUT2D eigenvalue weighted by Gasteiger charge is -2.13. The fourth-order valence-electron chi connectivity index (χ4n) is 2.71. The van der Waals surface area contributed by atoms with E-state index in [2.05, 4.69) is 15.6 Å². The molecule has 1 aliphatic heterocycles. The Hall–Kier alpha value is -3.59. The van der Waals surface area contributed by atoms with Gasteiger partial charge in [0.2, 0.25) is 6.79 Å². The van der Waals surface area contributed by atoms with E-state index in [0.717, 1.165) is 5.56 Å². The lowest BCUT2D eigenvalue weighted by molar-refractivity contribution is -0.123. The standard InChI is InChI=1S/C21H19N3O5S/c1-13(19(25)23-15-7-8-17-18(9-15)28-12-27-17)29-20(26)16-11-30-21(24-16)22-10-14-5-3-2-4-6-14/h2-9,11,13H,10,12H2,1H3,(H,22,24)(H,23,25). The zero-order valence-corrected chi connectivity index (χ0v) is 16.9. The van der Waals surface area contributed by atoms with Crippen LogP contribution >= 0.6 is 11.3 Å². The van der Waals surface area contributed by atoms with E-state index >= 15 is 0 Å². The number of carbonyl (C=O) groups is 2. The molecule has 3 aromatic rings. The summed E-state index contributed by atoms with van der Waals surface area (Å²) in [6.07, 6.45) is -0.995. The van der Waals surface area contributed by atoms with E-state index in [1.807, 2.05) is 30.3 Å². The van der Waals surface area contributed by atoms with Gasteiger partial charge in [-0.05, 0) is 24.6 Å². The molecule has 30 heavy (non-hydrogen) atoms. The van der Waals surface area contributed by atoms with Gasteiger partial charge in [0.15, 0.2) is 28.4 Å². The summed E-state index contributed by atoms with van der Waals surface area (Å²) in [6.45, 7) is 2.24. The molecule has 2 aromatic carbocycles. The molecule has 0 saturated carbocycles. The molecule has 0 bridgehead atoms. The van der Waals surface area contributed by atoms with Gasteiger partial charge in [0.05, 0.1) is 0 Å². The van der Waals surface area contributed by atoms with Crippen LogP contribution in [-0.4, -0.2) is 29.8 Å². The molecule has 2 heterocycles. The number of nitrogens with one attached hydrogen (secondary N) is 2. The summed E-state index contributed by atoms with van der Waals surface area (Å²) in [6, 6.07) is 14.9. The number of hydrogen-bond acceptors (Lipinski definition) is 8. The Balaban J connectivity index is 1.29. The molecule has 9 heteroatoms. The number of amides is 1. The number of rotatable bonds is 7. The minimum absolute atomic E-state index is 0.149. The maximum Gasteiger partial charge on any atom is 0.358 e. The van der Waals surface area contributed by atoms with Gasteiger partial charge in [0.1, 0.15) is 0 Å². The van der Waals surface area contributed by atoms with Crippen LogP contribution in [0.4, 0.5) is 10.8 Å². The lowest BCUT2D eigenvalue weighted by Crippen LogP contribution is -2.30. The second-order valence-corrected chi connectivity index (χ2v) is 7.34. The lowest BCUT2D eigenvalue weighted by atomic mass is 10.2. The summed E-state index contributed by atoms with van der Waals surface area (Å²) in [5.74, 6) is 0.0513. The first-order valence-electron chi connectivity index (χ1n) is 9.23. The number of esters is 1. The summed E-state index contributed by atoms with van der Waals surface area (Å²) in [5.41, 5.74) is 1.78. The molecule has 1 atom stereocenters. The van der Waals surface area contributed by atoms with Crippen LogP contribution in [0, 0.1) is 0 Å². The predicted octanol–water partition coefficient (Wildman–Crippen LogP) is 3.67. The highest BCUT2D eigenvalue weighted by molar-refractivity contribution is 7.13. The summed E-state index contributed by atoms with van der Waals surface area (Å²) in [4.78, 5) is 28.9. The number of thiazole rings is 1. The third-order valence-corrected chi connectivity index (χ3v) is 5.09. The molecule has 4 rings (SSSR count). The highest BCUT2D eigenvalue weighted by Crippen LogP contribution is 2.34. The molecule has 0 saturated heterocycles. The van der Waals surface area contributed by atoms with Gasteiger partial charge in [-0.1, -0.05) is 30.3 Å². The molecule has 1 amide bonds. The van der Waals surface area contributed by atoms with Crippen molar-refractivity contribution >= 4 is 34.0 Å². The van der Waals surface area contributed by atoms with Crippen molar-refractivity contribution in [3.8, 4) is 11.5 Å². The van der Waals surface area contributed by atoms with Crippen molar-refractivity contribution in [1.82, 2.24) is 4.98 Å². The zero-order valence-electron chi connectivity index (χ0n) is 16.1. The minimum Gasteiger partial charge on any atom is -0.454 e. The van der Waals surface area contributed by atoms with E-state index in [1.165, 1.54) is 18.3 Å². The molecule has 154 valence electrons. The molecule has 8 nitrogen and oxygen atoms in total. The van der Waals surface area contributed by atoms with Gasteiger partial charge < -0.3 is 24.8 Å². The first-order chi connectivity index (χ1) is 14.6. The van der Waals surface area contributed by atoms with Gasteiger partial charge in [-0.25, -0.2) is 9.78 Å². The number of fused-ring (bicyclic) bond motifs is 1. The van der Waals surface area contributed by atoms with Crippen molar-refractivity contribution in [1.29, 1.82) is 0 Å². The van der Waals surface area contributed by atoms with Crippen molar-refractivity contribution in [2.24, 2.45) is 0 Å². The van der Waals surface area contributed by atoms with Gasteiger partial charge >= 0.3 is 5.97 Å². The molecule has 1 aromatic heterocycles. The van der Waals surface area contributed by atoms with Crippen LogP contribution in [0.1, 0.15) is 23.0 Å². The van der Waals surface area contributed by atoms with E-state index in [0.29, 0.717) is 28.9 Å². The fraction of sp³-hybridized carbons (Fsp3) is 0.190.